The van der Waals surface area contributed by atoms with Crippen LogP contribution < -0.4 is 5.32 Å². The topological polar surface area (TPSA) is 55.9 Å². The monoisotopic (exact) mass is 298 g/mol. The fourth-order valence-electron chi connectivity index (χ4n) is 2.64. The van der Waals surface area contributed by atoms with E-state index in [-0.39, 0.29) is 11.8 Å². The molecule has 1 fully saturated rings. The lowest BCUT2D eigenvalue weighted by atomic mass is 10.3. The lowest BCUT2D eigenvalue weighted by Crippen LogP contribution is -2.42. The highest BCUT2D eigenvalue weighted by Gasteiger charge is 2.21. The molecule has 6 heteroatoms. The first-order valence-corrected chi connectivity index (χ1v) is 8.04. The van der Waals surface area contributed by atoms with Crippen LogP contribution in [0.5, 0.6) is 0 Å². The van der Waals surface area contributed by atoms with Crippen LogP contribution in [0.25, 0.3) is 0 Å². The molecule has 1 saturated heterocycles. The van der Waals surface area contributed by atoms with E-state index < -0.39 is 0 Å². The molecule has 0 aromatic rings. The Morgan fingerprint density at radius 3 is 2.43 bits per heavy atom. The van der Waals surface area contributed by atoms with E-state index in [1.54, 1.807) is 0 Å². The summed E-state index contributed by atoms with van der Waals surface area (Å²) in [5.41, 5.74) is 0. The van der Waals surface area contributed by atoms with E-state index in [1.807, 2.05) is 30.7 Å². The Morgan fingerprint density at radius 2 is 1.81 bits per heavy atom. The zero-order valence-electron chi connectivity index (χ0n) is 13.7. The van der Waals surface area contributed by atoms with Gasteiger partial charge in [-0.2, -0.15) is 0 Å². The Labute approximate surface area is 128 Å². The molecule has 21 heavy (non-hydrogen) atoms. The molecule has 1 aliphatic rings. The van der Waals surface area contributed by atoms with Crippen molar-refractivity contribution in [2.24, 2.45) is 0 Å². The van der Waals surface area contributed by atoms with Gasteiger partial charge in [0.25, 0.3) is 0 Å². The van der Waals surface area contributed by atoms with Crippen LogP contribution in [-0.2, 0) is 9.59 Å². The fraction of sp³-hybridized carbons (Fsp3) is 0.867. The summed E-state index contributed by atoms with van der Waals surface area (Å²) in [6, 6.07) is 0. The van der Waals surface area contributed by atoms with Crippen LogP contribution in [0, 0.1) is 0 Å². The van der Waals surface area contributed by atoms with Gasteiger partial charge in [-0.15, -0.1) is 0 Å². The number of nitrogens with one attached hydrogen (secondary N) is 1. The maximum Gasteiger partial charge on any atom is 0.236 e. The van der Waals surface area contributed by atoms with Crippen LogP contribution >= 0.6 is 0 Å². The molecule has 0 saturated carbocycles. The smallest absolute Gasteiger partial charge is 0.236 e. The number of carbonyl (C=O) groups is 2. The third-order valence-electron chi connectivity index (χ3n) is 4.01. The van der Waals surface area contributed by atoms with E-state index in [1.165, 1.54) is 0 Å². The summed E-state index contributed by atoms with van der Waals surface area (Å²) in [6.07, 6.45) is 1.49. The highest BCUT2D eigenvalue weighted by molar-refractivity contribution is 5.78. The molecule has 1 rings (SSSR count). The summed E-state index contributed by atoms with van der Waals surface area (Å²) in [5.74, 6) is 0.399. The summed E-state index contributed by atoms with van der Waals surface area (Å²) < 4.78 is 0. The second-order valence-corrected chi connectivity index (χ2v) is 5.43. The second-order valence-electron chi connectivity index (χ2n) is 5.43. The molecule has 0 aliphatic carbocycles. The molecular weight excluding hydrogens is 268 g/mol. The summed E-state index contributed by atoms with van der Waals surface area (Å²) in [7, 11) is 1.86. The Bertz CT molecular complexity index is 332. The minimum Gasteiger partial charge on any atom is -0.342 e. The van der Waals surface area contributed by atoms with E-state index in [2.05, 4.69) is 10.2 Å². The lowest BCUT2D eigenvalue weighted by Gasteiger charge is -2.25. The first-order valence-electron chi connectivity index (χ1n) is 8.04. The van der Waals surface area contributed by atoms with Crippen molar-refractivity contribution in [1.29, 1.82) is 0 Å². The lowest BCUT2D eigenvalue weighted by molar-refractivity contribution is -0.132. The Kier molecular flexibility index (Phi) is 8.30. The predicted octanol–water partition coefficient (Wildman–Crippen LogP) is -0.00140. The van der Waals surface area contributed by atoms with Crippen molar-refractivity contribution in [2.75, 3.05) is 59.4 Å². The third kappa shape index (κ3) is 6.01. The van der Waals surface area contributed by atoms with Gasteiger partial charge in [-0.3, -0.25) is 14.5 Å². The van der Waals surface area contributed by atoms with Crippen molar-refractivity contribution >= 4 is 11.8 Å². The maximum atomic E-state index is 12.1. The molecule has 0 aromatic carbocycles. The molecule has 0 atom stereocenters. The molecule has 0 unspecified atom stereocenters. The van der Waals surface area contributed by atoms with Gasteiger partial charge in [0.2, 0.25) is 11.8 Å². The van der Waals surface area contributed by atoms with Crippen LogP contribution in [0.15, 0.2) is 0 Å². The van der Waals surface area contributed by atoms with Crippen molar-refractivity contribution in [3.8, 4) is 0 Å². The molecule has 0 spiro atoms. The molecule has 122 valence electrons. The van der Waals surface area contributed by atoms with Crippen molar-refractivity contribution < 1.29 is 9.59 Å². The molecular formula is C15H30N4O2. The van der Waals surface area contributed by atoms with Gasteiger partial charge in [-0.05, 0) is 27.3 Å². The van der Waals surface area contributed by atoms with Gasteiger partial charge >= 0.3 is 0 Å². The Morgan fingerprint density at radius 1 is 1.10 bits per heavy atom. The fourth-order valence-corrected chi connectivity index (χ4v) is 2.64. The van der Waals surface area contributed by atoms with Gasteiger partial charge in [-0.1, -0.05) is 0 Å². The molecule has 1 aliphatic heterocycles. The number of hydrogen-bond acceptors (Lipinski definition) is 4. The van der Waals surface area contributed by atoms with E-state index in [0.717, 1.165) is 52.2 Å². The Balaban J connectivity index is 2.41. The number of carbonyl (C=O) groups excluding carboxylic acids is 2. The summed E-state index contributed by atoms with van der Waals surface area (Å²) in [5, 5.41) is 3.01. The minimum absolute atomic E-state index is 0.190. The molecule has 0 radical (unpaired) electrons. The van der Waals surface area contributed by atoms with Crippen molar-refractivity contribution in [2.45, 2.75) is 26.7 Å². The maximum absolute atomic E-state index is 12.1. The third-order valence-corrected chi connectivity index (χ3v) is 4.01. The number of rotatable bonds is 7. The highest BCUT2D eigenvalue weighted by atomic mass is 16.2. The van der Waals surface area contributed by atoms with E-state index >= 15 is 0 Å². The van der Waals surface area contributed by atoms with Crippen LogP contribution in [-0.4, -0.2) is 85.9 Å². The average molecular weight is 298 g/mol. The summed E-state index contributed by atoms with van der Waals surface area (Å²) in [4.78, 5) is 30.1. The van der Waals surface area contributed by atoms with Crippen molar-refractivity contribution in [3.05, 3.63) is 0 Å². The van der Waals surface area contributed by atoms with Gasteiger partial charge in [0.1, 0.15) is 0 Å². The molecule has 6 nitrogen and oxygen atoms in total. The highest BCUT2D eigenvalue weighted by Crippen LogP contribution is 2.05. The minimum atomic E-state index is 0.190. The zero-order chi connectivity index (χ0) is 15.7. The summed E-state index contributed by atoms with van der Waals surface area (Å²) in [6.45, 7) is 9.95. The molecule has 0 aromatic heterocycles. The van der Waals surface area contributed by atoms with Crippen LogP contribution in [0.4, 0.5) is 0 Å². The van der Waals surface area contributed by atoms with E-state index in [9.17, 15) is 9.59 Å². The van der Waals surface area contributed by atoms with Crippen LogP contribution in [0.1, 0.15) is 26.7 Å². The van der Waals surface area contributed by atoms with Gasteiger partial charge < -0.3 is 15.1 Å². The zero-order valence-corrected chi connectivity index (χ0v) is 13.7. The second kappa shape index (κ2) is 9.73. The normalized spacial score (nSPS) is 16.6. The van der Waals surface area contributed by atoms with Gasteiger partial charge in [-0.25, -0.2) is 0 Å². The average Bonchev–Trinajstić information content (AvgIpc) is 2.71. The number of amides is 2. The van der Waals surface area contributed by atoms with Gasteiger partial charge in [0.15, 0.2) is 0 Å². The van der Waals surface area contributed by atoms with Gasteiger partial charge in [0.05, 0.1) is 6.54 Å². The predicted molar refractivity (Wildman–Crippen MR) is 84.1 cm³/mol. The molecule has 0 bridgehead atoms. The quantitative estimate of drug-likeness (QED) is 0.719. The number of likely N-dealkylation sites (N-methyl/N-ethyl adjacent to an activating group) is 1. The van der Waals surface area contributed by atoms with Crippen LogP contribution in [0.2, 0.25) is 0 Å². The molecule has 1 heterocycles. The first kappa shape index (κ1) is 17.9. The largest absolute Gasteiger partial charge is 0.342 e. The summed E-state index contributed by atoms with van der Waals surface area (Å²) >= 11 is 0. The standard InChI is InChI=1S/C15H30N4O2/c1-4-18(5-2)15(21)13-17-9-6-10-19(12-11-17)14(20)7-8-16-3/h16H,4-13H2,1-3H3. The van der Waals surface area contributed by atoms with Crippen LogP contribution in [0.3, 0.4) is 0 Å². The first-order chi connectivity index (χ1) is 10.1. The van der Waals surface area contributed by atoms with Crippen molar-refractivity contribution in [1.82, 2.24) is 20.0 Å². The van der Waals surface area contributed by atoms with E-state index in [4.69, 9.17) is 0 Å². The van der Waals surface area contributed by atoms with Gasteiger partial charge in [0, 0.05) is 52.2 Å². The van der Waals surface area contributed by atoms with Crippen molar-refractivity contribution in [3.63, 3.8) is 0 Å². The SMILES string of the molecule is CCN(CC)C(=O)CN1CCCN(C(=O)CCNC)CC1. The Hall–Kier alpha value is -1.14. The number of nitrogens with zero attached hydrogens (tertiary/aromatic N) is 3. The number of hydrogen-bond donors (Lipinski definition) is 1. The van der Waals surface area contributed by atoms with E-state index in [0.29, 0.717) is 13.0 Å². The molecule has 2 amide bonds. The molecule has 1 N–H and O–H groups in total.